The molecule has 4 bridgehead atoms. The largest absolute Gasteiger partial charge is 0.460 e. The summed E-state index contributed by atoms with van der Waals surface area (Å²) in [6.45, 7) is 3.81. The Morgan fingerprint density at radius 1 is 1.12 bits per heavy atom. The predicted octanol–water partition coefficient (Wildman–Crippen LogP) is 3.80. The Labute approximate surface area is 148 Å². The highest BCUT2D eigenvalue weighted by Gasteiger charge is 2.62. The van der Waals surface area contributed by atoms with Gasteiger partial charge < -0.3 is 9.47 Å². The summed E-state index contributed by atoms with van der Waals surface area (Å²) in [7, 11) is 0. The molecule has 1 aromatic carbocycles. The smallest absolute Gasteiger partial charge is 0.330 e. The minimum Gasteiger partial charge on any atom is -0.460 e. The van der Waals surface area contributed by atoms with Gasteiger partial charge in [-0.2, -0.15) is 0 Å². The molecule has 25 heavy (non-hydrogen) atoms. The maximum atomic E-state index is 13.0. The normalized spacial score (nSPS) is 35.2. The Kier molecular flexibility index (Phi) is 3.94. The Morgan fingerprint density at radius 2 is 1.80 bits per heavy atom. The zero-order valence-corrected chi connectivity index (χ0v) is 14.4. The van der Waals surface area contributed by atoms with Crippen LogP contribution in [0.4, 0.5) is 0 Å². The number of hydrogen-bond donors (Lipinski definition) is 0. The number of hydrogen-bond acceptors (Lipinski definition) is 4. The van der Waals surface area contributed by atoms with Gasteiger partial charge in [-0.05, 0) is 49.5 Å². The third-order valence-corrected chi connectivity index (χ3v) is 6.14. The fourth-order valence-electron chi connectivity index (χ4n) is 5.67. The lowest BCUT2D eigenvalue weighted by Gasteiger charge is -2.59. The lowest BCUT2D eigenvalue weighted by molar-refractivity contribution is -0.210. The summed E-state index contributed by atoms with van der Waals surface area (Å²) in [6.07, 6.45) is 6.43. The van der Waals surface area contributed by atoms with Gasteiger partial charge in [0.2, 0.25) is 0 Å². The summed E-state index contributed by atoms with van der Waals surface area (Å²) < 4.78 is 11.5. The van der Waals surface area contributed by atoms with Crippen molar-refractivity contribution in [1.29, 1.82) is 0 Å². The van der Waals surface area contributed by atoms with E-state index in [9.17, 15) is 9.59 Å². The topological polar surface area (TPSA) is 52.6 Å². The third-order valence-electron chi connectivity index (χ3n) is 6.14. The molecule has 2 unspecified atom stereocenters. The van der Waals surface area contributed by atoms with Gasteiger partial charge in [0.1, 0.15) is 12.2 Å². The highest BCUT2D eigenvalue weighted by Crippen LogP contribution is 2.63. The monoisotopic (exact) mass is 340 g/mol. The van der Waals surface area contributed by atoms with Gasteiger partial charge in [0.15, 0.2) is 0 Å². The molecule has 4 saturated carbocycles. The van der Waals surface area contributed by atoms with Gasteiger partial charge in [0.05, 0.1) is 5.41 Å². The van der Waals surface area contributed by atoms with E-state index >= 15 is 0 Å². The molecule has 0 amide bonds. The van der Waals surface area contributed by atoms with Gasteiger partial charge in [-0.25, -0.2) is 4.79 Å². The van der Waals surface area contributed by atoms with Crippen molar-refractivity contribution >= 4 is 11.9 Å². The standard InChI is InChI=1S/C21H24O4/c1-2-18(22)25-21-11-16-8-17(12-21)10-20(9-16,14-21)19(23)24-13-15-6-4-3-5-7-15/h2-7,16-17H,1,8-14H2. The molecule has 1 aromatic rings. The Bertz CT molecular complexity index is 679. The summed E-state index contributed by atoms with van der Waals surface area (Å²) in [5.41, 5.74) is 0.00918. The molecule has 0 aromatic heterocycles. The van der Waals surface area contributed by atoms with Crippen molar-refractivity contribution in [1.82, 2.24) is 0 Å². The quantitative estimate of drug-likeness (QED) is 0.604. The SMILES string of the molecule is C=CC(=O)OC12CC3CC(C1)CC(C(=O)OCc1ccccc1)(C3)C2. The first-order valence-electron chi connectivity index (χ1n) is 9.09. The number of carbonyl (C=O) groups is 2. The van der Waals surface area contributed by atoms with E-state index in [1.165, 1.54) is 6.08 Å². The second kappa shape index (κ2) is 6.01. The number of benzene rings is 1. The van der Waals surface area contributed by atoms with Crippen LogP contribution in [-0.4, -0.2) is 17.5 Å². The van der Waals surface area contributed by atoms with E-state index in [4.69, 9.17) is 9.47 Å². The second-order valence-electron chi connectivity index (χ2n) is 8.11. The van der Waals surface area contributed by atoms with Crippen molar-refractivity contribution in [2.45, 2.75) is 50.7 Å². The summed E-state index contributed by atoms with van der Waals surface area (Å²) in [4.78, 5) is 24.8. The van der Waals surface area contributed by atoms with Gasteiger partial charge in [-0.1, -0.05) is 36.9 Å². The van der Waals surface area contributed by atoms with Crippen LogP contribution >= 0.6 is 0 Å². The van der Waals surface area contributed by atoms with Crippen LogP contribution in [0.5, 0.6) is 0 Å². The molecule has 4 aliphatic rings. The van der Waals surface area contributed by atoms with Crippen molar-refractivity contribution in [3.63, 3.8) is 0 Å². The Morgan fingerprint density at radius 3 is 2.44 bits per heavy atom. The summed E-state index contributed by atoms with van der Waals surface area (Å²) in [5, 5.41) is 0. The van der Waals surface area contributed by atoms with Crippen molar-refractivity contribution < 1.29 is 19.1 Å². The van der Waals surface area contributed by atoms with Gasteiger partial charge in [-0.15, -0.1) is 0 Å². The van der Waals surface area contributed by atoms with Gasteiger partial charge in [0.25, 0.3) is 0 Å². The molecule has 4 heteroatoms. The summed E-state index contributed by atoms with van der Waals surface area (Å²) >= 11 is 0. The van der Waals surface area contributed by atoms with Gasteiger partial charge in [0, 0.05) is 12.5 Å². The molecule has 0 saturated heterocycles. The lowest BCUT2D eigenvalue weighted by Crippen LogP contribution is -2.59. The van der Waals surface area contributed by atoms with Crippen LogP contribution in [-0.2, 0) is 25.7 Å². The van der Waals surface area contributed by atoms with E-state index in [-0.39, 0.29) is 11.9 Å². The molecule has 0 aliphatic heterocycles. The zero-order chi connectivity index (χ0) is 17.5. The number of ether oxygens (including phenoxy) is 2. The van der Waals surface area contributed by atoms with E-state index in [2.05, 4.69) is 6.58 Å². The van der Waals surface area contributed by atoms with Crippen LogP contribution in [0, 0.1) is 17.3 Å². The summed E-state index contributed by atoms with van der Waals surface area (Å²) in [6, 6.07) is 9.75. The van der Waals surface area contributed by atoms with Crippen LogP contribution in [0.1, 0.15) is 44.1 Å². The number of carbonyl (C=O) groups excluding carboxylic acids is 2. The second-order valence-corrected chi connectivity index (χ2v) is 8.11. The molecule has 0 N–H and O–H groups in total. The first kappa shape index (κ1) is 16.4. The van der Waals surface area contributed by atoms with Crippen LogP contribution in [0.2, 0.25) is 0 Å². The fourth-order valence-corrected chi connectivity index (χ4v) is 5.67. The van der Waals surface area contributed by atoms with Crippen LogP contribution in [0.15, 0.2) is 43.0 Å². The highest BCUT2D eigenvalue weighted by molar-refractivity contribution is 5.82. The maximum absolute atomic E-state index is 13.0. The molecule has 0 heterocycles. The molecular weight excluding hydrogens is 316 g/mol. The van der Waals surface area contributed by atoms with E-state index in [1.54, 1.807) is 0 Å². The Balaban J connectivity index is 1.51. The van der Waals surface area contributed by atoms with Crippen LogP contribution < -0.4 is 0 Å². The van der Waals surface area contributed by atoms with Crippen LogP contribution in [0.3, 0.4) is 0 Å². The molecule has 132 valence electrons. The average molecular weight is 340 g/mol. The summed E-state index contributed by atoms with van der Waals surface area (Å²) in [5.74, 6) is 0.394. The van der Waals surface area contributed by atoms with E-state index in [0.717, 1.165) is 37.7 Å². The van der Waals surface area contributed by atoms with E-state index in [1.807, 2.05) is 30.3 Å². The maximum Gasteiger partial charge on any atom is 0.330 e. The first-order valence-corrected chi connectivity index (χ1v) is 9.09. The minimum atomic E-state index is -0.499. The van der Waals surface area contributed by atoms with Crippen molar-refractivity contribution in [2.75, 3.05) is 0 Å². The molecule has 0 radical (unpaired) electrons. The molecular formula is C21H24O4. The van der Waals surface area contributed by atoms with Gasteiger partial charge in [-0.3, -0.25) is 4.79 Å². The highest BCUT2D eigenvalue weighted by atomic mass is 16.6. The van der Waals surface area contributed by atoms with Crippen molar-refractivity contribution in [3.8, 4) is 0 Å². The third kappa shape index (κ3) is 2.99. The molecule has 2 atom stereocenters. The number of esters is 2. The zero-order valence-electron chi connectivity index (χ0n) is 14.4. The minimum absolute atomic E-state index is 0.121. The Hall–Kier alpha value is -2.10. The van der Waals surface area contributed by atoms with Crippen molar-refractivity contribution in [3.05, 3.63) is 48.6 Å². The van der Waals surface area contributed by atoms with E-state index in [0.29, 0.717) is 24.9 Å². The molecule has 4 fully saturated rings. The molecule has 5 rings (SSSR count). The molecule has 0 spiro atoms. The molecule has 4 nitrogen and oxygen atoms in total. The fraction of sp³-hybridized carbons (Fsp3) is 0.524. The van der Waals surface area contributed by atoms with Crippen molar-refractivity contribution in [2.24, 2.45) is 17.3 Å². The molecule has 4 aliphatic carbocycles. The van der Waals surface area contributed by atoms with E-state index < -0.39 is 11.0 Å². The predicted molar refractivity (Wildman–Crippen MR) is 92.4 cm³/mol. The van der Waals surface area contributed by atoms with Crippen LogP contribution in [0.25, 0.3) is 0 Å². The number of rotatable bonds is 5. The van der Waals surface area contributed by atoms with Gasteiger partial charge >= 0.3 is 11.9 Å². The first-order chi connectivity index (χ1) is 12.0. The lowest BCUT2D eigenvalue weighted by atomic mass is 9.48. The average Bonchev–Trinajstić information content (AvgIpc) is 2.59.